The molecule has 1 unspecified atom stereocenters. The molecule has 1 saturated heterocycles. The maximum Gasteiger partial charge on any atom is 0.308 e. The van der Waals surface area contributed by atoms with Gasteiger partial charge in [0.25, 0.3) is 0 Å². The molecule has 1 aromatic heterocycles. The van der Waals surface area contributed by atoms with Crippen LogP contribution in [0.25, 0.3) is 0 Å². The lowest BCUT2D eigenvalue weighted by Crippen LogP contribution is -2.39. The Morgan fingerprint density at radius 2 is 2.47 bits per heavy atom. The van der Waals surface area contributed by atoms with Gasteiger partial charge in [0, 0.05) is 19.3 Å². The van der Waals surface area contributed by atoms with Crippen molar-refractivity contribution in [3.63, 3.8) is 0 Å². The highest BCUT2D eigenvalue weighted by Gasteiger charge is 2.26. The zero-order chi connectivity index (χ0) is 12.3. The Morgan fingerprint density at radius 3 is 3.18 bits per heavy atom. The van der Waals surface area contributed by atoms with E-state index < -0.39 is 5.97 Å². The van der Waals surface area contributed by atoms with Gasteiger partial charge in [-0.2, -0.15) is 4.98 Å². The fourth-order valence-electron chi connectivity index (χ4n) is 1.98. The van der Waals surface area contributed by atoms with E-state index in [0.717, 1.165) is 19.4 Å². The topological polar surface area (TPSA) is 104 Å². The zero-order valence-corrected chi connectivity index (χ0v) is 9.33. The molecular weight excluding hydrogens is 222 g/mol. The van der Waals surface area contributed by atoms with E-state index in [9.17, 15) is 4.79 Å². The Kier molecular flexibility index (Phi) is 3.38. The van der Waals surface area contributed by atoms with Crippen molar-refractivity contribution in [3.05, 3.63) is 12.3 Å². The maximum absolute atomic E-state index is 11.0. The molecule has 2 heterocycles. The molecule has 1 atom stereocenters. The van der Waals surface area contributed by atoms with Gasteiger partial charge in [-0.3, -0.25) is 10.2 Å². The van der Waals surface area contributed by atoms with Gasteiger partial charge in [0.15, 0.2) is 0 Å². The number of aliphatic carboxylic acids is 1. The number of carbonyl (C=O) groups is 1. The van der Waals surface area contributed by atoms with E-state index in [2.05, 4.69) is 15.4 Å². The number of carboxylic acid groups (broad SMARTS) is 1. The van der Waals surface area contributed by atoms with Crippen LogP contribution in [0, 0.1) is 5.92 Å². The molecule has 92 valence electrons. The molecule has 0 aliphatic carbocycles. The first-order valence-electron chi connectivity index (χ1n) is 5.48. The predicted octanol–water partition coefficient (Wildman–Crippen LogP) is 0.0632. The summed E-state index contributed by atoms with van der Waals surface area (Å²) in [5.74, 6) is 5.20. The highest BCUT2D eigenvalue weighted by atomic mass is 16.4. The van der Waals surface area contributed by atoms with Crippen LogP contribution in [0.5, 0.6) is 0 Å². The summed E-state index contributed by atoms with van der Waals surface area (Å²) in [6, 6.07) is 1.76. The fourth-order valence-corrected chi connectivity index (χ4v) is 1.98. The summed E-state index contributed by atoms with van der Waals surface area (Å²) in [6.07, 6.45) is 3.17. The standard InChI is InChI=1S/C10H15N5O2/c11-14-10-12-4-3-8(13-10)15-5-1-2-7(6-15)9(16)17/h3-4,7H,1-2,5-6,11H2,(H,16,17)(H,12,13,14). The van der Waals surface area contributed by atoms with Crippen molar-refractivity contribution in [1.29, 1.82) is 0 Å². The second kappa shape index (κ2) is 4.96. The molecule has 1 aliphatic rings. The Bertz CT molecular complexity index is 411. The van der Waals surface area contributed by atoms with Gasteiger partial charge in [0.1, 0.15) is 5.82 Å². The quantitative estimate of drug-likeness (QED) is 0.504. The molecule has 1 aliphatic heterocycles. The fraction of sp³-hybridized carbons (Fsp3) is 0.500. The third kappa shape index (κ3) is 2.62. The van der Waals surface area contributed by atoms with Crippen molar-refractivity contribution in [2.24, 2.45) is 11.8 Å². The van der Waals surface area contributed by atoms with Gasteiger partial charge in [-0.15, -0.1) is 0 Å². The Morgan fingerprint density at radius 1 is 1.65 bits per heavy atom. The number of hydrazine groups is 1. The lowest BCUT2D eigenvalue weighted by atomic mass is 9.98. The monoisotopic (exact) mass is 237 g/mol. The lowest BCUT2D eigenvalue weighted by molar-refractivity contribution is -0.141. The summed E-state index contributed by atoms with van der Waals surface area (Å²) in [4.78, 5) is 21.0. The van der Waals surface area contributed by atoms with Gasteiger partial charge in [-0.05, 0) is 18.9 Å². The van der Waals surface area contributed by atoms with E-state index in [1.807, 2.05) is 4.90 Å². The van der Waals surface area contributed by atoms with Gasteiger partial charge < -0.3 is 10.0 Å². The summed E-state index contributed by atoms with van der Waals surface area (Å²) in [6.45, 7) is 1.29. The van der Waals surface area contributed by atoms with Gasteiger partial charge in [0.05, 0.1) is 5.92 Å². The molecule has 0 saturated carbocycles. The molecule has 1 aromatic rings. The average molecular weight is 237 g/mol. The minimum atomic E-state index is -0.749. The molecule has 4 N–H and O–H groups in total. The molecule has 17 heavy (non-hydrogen) atoms. The van der Waals surface area contributed by atoms with Crippen LogP contribution in [0.2, 0.25) is 0 Å². The van der Waals surface area contributed by atoms with Crippen LogP contribution in [0.4, 0.5) is 11.8 Å². The van der Waals surface area contributed by atoms with Crippen molar-refractivity contribution in [2.75, 3.05) is 23.4 Å². The zero-order valence-electron chi connectivity index (χ0n) is 9.33. The van der Waals surface area contributed by atoms with E-state index >= 15 is 0 Å². The number of hydrogen-bond donors (Lipinski definition) is 3. The number of aromatic nitrogens is 2. The Hall–Kier alpha value is -1.89. The summed E-state index contributed by atoms with van der Waals surface area (Å²) >= 11 is 0. The lowest BCUT2D eigenvalue weighted by Gasteiger charge is -2.31. The number of piperidine rings is 1. The summed E-state index contributed by atoms with van der Waals surface area (Å²) in [5, 5.41) is 9.01. The molecule has 7 heteroatoms. The van der Waals surface area contributed by atoms with Crippen molar-refractivity contribution in [1.82, 2.24) is 9.97 Å². The van der Waals surface area contributed by atoms with Crippen LogP contribution in [0.3, 0.4) is 0 Å². The van der Waals surface area contributed by atoms with Gasteiger partial charge in [0.2, 0.25) is 5.95 Å². The van der Waals surface area contributed by atoms with E-state index in [0.29, 0.717) is 18.3 Å². The minimum Gasteiger partial charge on any atom is -0.481 e. The number of nitrogens with zero attached hydrogens (tertiary/aromatic N) is 3. The number of hydrogen-bond acceptors (Lipinski definition) is 6. The Labute approximate surface area is 98.6 Å². The van der Waals surface area contributed by atoms with Gasteiger partial charge >= 0.3 is 5.97 Å². The molecule has 0 bridgehead atoms. The third-order valence-electron chi connectivity index (χ3n) is 2.86. The molecule has 7 nitrogen and oxygen atoms in total. The van der Waals surface area contributed by atoms with Crippen molar-refractivity contribution >= 4 is 17.7 Å². The molecular formula is C10H15N5O2. The number of anilines is 2. The molecule has 0 radical (unpaired) electrons. The third-order valence-corrected chi connectivity index (χ3v) is 2.86. The van der Waals surface area contributed by atoms with Crippen molar-refractivity contribution < 1.29 is 9.90 Å². The highest BCUT2D eigenvalue weighted by Crippen LogP contribution is 2.21. The number of carboxylic acids is 1. The van der Waals surface area contributed by atoms with E-state index in [1.165, 1.54) is 0 Å². The second-order valence-corrected chi connectivity index (χ2v) is 4.01. The van der Waals surface area contributed by atoms with E-state index in [-0.39, 0.29) is 5.92 Å². The molecule has 2 rings (SSSR count). The van der Waals surface area contributed by atoms with Crippen LogP contribution in [0.15, 0.2) is 12.3 Å². The first-order valence-corrected chi connectivity index (χ1v) is 5.48. The number of nitrogen functional groups attached to an aromatic ring is 1. The normalized spacial score (nSPS) is 20.1. The van der Waals surface area contributed by atoms with Crippen LogP contribution in [-0.2, 0) is 4.79 Å². The summed E-state index contributed by atoms with van der Waals surface area (Å²) < 4.78 is 0. The number of nitrogens with two attached hydrogens (primary N) is 1. The van der Waals surface area contributed by atoms with Crippen molar-refractivity contribution in [3.8, 4) is 0 Å². The first kappa shape index (κ1) is 11.6. The minimum absolute atomic E-state index is 0.326. The first-order chi connectivity index (χ1) is 8.20. The van der Waals surface area contributed by atoms with Crippen LogP contribution >= 0.6 is 0 Å². The predicted molar refractivity (Wildman–Crippen MR) is 62.4 cm³/mol. The van der Waals surface area contributed by atoms with Crippen LogP contribution in [-0.4, -0.2) is 34.1 Å². The van der Waals surface area contributed by atoms with Crippen LogP contribution < -0.4 is 16.2 Å². The van der Waals surface area contributed by atoms with E-state index in [1.54, 1.807) is 12.3 Å². The Balaban J connectivity index is 2.13. The highest BCUT2D eigenvalue weighted by molar-refractivity contribution is 5.71. The van der Waals surface area contributed by atoms with Gasteiger partial charge in [-0.25, -0.2) is 10.8 Å². The largest absolute Gasteiger partial charge is 0.481 e. The van der Waals surface area contributed by atoms with Gasteiger partial charge in [-0.1, -0.05) is 0 Å². The smallest absolute Gasteiger partial charge is 0.308 e. The maximum atomic E-state index is 11.0. The van der Waals surface area contributed by atoms with Crippen molar-refractivity contribution in [2.45, 2.75) is 12.8 Å². The van der Waals surface area contributed by atoms with Crippen LogP contribution in [0.1, 0.15) is 12.8 Å². The molecule has 1 fully saturated rings. The molecule has 0 spiro atoms. The molecule has 0 amide bonds. The molecule has 0 aromatic carbocycles. The number of nitrogens with one attached hydrogen (secondary N) is 1. The van der Waals surface area contributed by atoms with E-state index in [4.69, 9.17) is 10.9 Å². The SMILES string of the molecule is NNc1nccc(N2CCCC(C(=O)O)C2)n1. The summed E-state index contributed by atoms with van der Waals surface area (Å²) in [7, 11) is 0. The second-order valence-electron chi connectivity index (χ2n) is 4.01. The average Bonchev–Trinajstić information content (AvgIpc) is 2.39. The number of rotatable bonds is 3. The summed E-state index contributed by atoms with van der Waals surface area (Å²) in [5.41, 5.74) is 2.38.